The topological polar surface area (TPSA) is 56.5 Å². The van der Waals surface area contributed by atoms with Crippen molar-refractivity contribution in [2.45, 2.75) is 26.7 Å². The molecule has 1 N–H and O–H groups in total. The molecule has 5 nitrogen and oxygen atoms in total. The van der Waals surface area contributed by atoms with Gasteiger partial charge in [-0.25, -0.2) is 0 Å². The molecule has 1 heterocycles. The predicted octanol–water partition coefficient (Wildman–Crippen LogP) is 8.58. The quantitative estimate of drug-likeness (QED) is 0.176. The second-order valence-corrected chi connectivity index (χ2v) is 9.80. The van der Waals surface area contributed by atoms with Crippen LogP contribution in [-0.4, -0.2) is 11.7 Å². The molecule has 39 heavy (non-hydrogen) atoms. The van der Waals surface area contributed by atoms with Crippen molar-refractivity contribution >= 4 is 23.2 Å². The highest BCUT2D eigenvalue weighted by molar-refractivity contribution is 6.32. The SMILES string of the molecule is CCNCc1noc(-c2cc(Cl)c(OCc3ccccc3)cc2OCc2ccccc2)c1-c1cccc(Cl)c1. The maximum absolute atomic E-state index is 6.77. The molecule has 4 aromatic carbocycles. The van der Waals surface area contributed by atoms with Crippen LogP contribution in [-0.2, 0) is 19.8 Å². The summed E-state index contributed by atoms with van der Waals surface area (Å²) in [5.74, 6) is 1.63. The lowest BCUT2D eigenvalue weighted by molar-refractivity contribution is 0.290. The molecule has 1 aromatic heterocycles. The fourth-order valence-corrected chi connectivity index (χ4v) is 4.63. The maximum atomic E-state index is 6.77. The van der Waals surface area contributed by atoms with Crippen molar-refractivity contribution in [3.8, 4) is 33.9 Å². The zero-order valence-electron chi connectivity index (χ0n) is 21.5. The van der Waals surface area contributed by atoms with E-state index in [2.05, 4.69) is 10.5 Å². The second kappa shape index (κ2) is 12.9. The number of ether oxygens (including phenoxy) is 2. The molecule has 0 aliphatic heterocycles. The van der Waals surface area contributed by atoms with E-state index in [4.69, 9.17) is 37.2 Å². The monoisotopic (exact) mass is 558 g/mol. The van der Waals surface area contributed by atoms with Gasteiger partial charge in [0.1, 0.15) is 30.4 Å². The number of nitrogens with zero attached hydrogens (tertiary/aromatic N) is 1. The molecule has 0 amide bonds. The molecule has 5 rings (SSSR count). The van der Waals surface area contributed by atoms with Crippen molar-refractivity contribution < 1.29 is 14.0 Å². The molecule has 7 heteroatoms. The van der Waals surface area contributed by atoms with Crippen LogP contribution in [0.2, 0.25) is 10.0 Å². The zero-order valence-corrected chi connectivity index (χ0v) is 23.0. The number of halogens is 2. The summed E-state index contributed by atoms with van der Waals surface area (Å²) in [7, 11) is 0. The second-order valence-electron chi connectivity index (χ2n) is 8.95. The van der Waals surface area contributed by atoms with Gasteiger partial charge in [-0.2, -0.15) is 0 Å². The normalized spacial score (nSPS) is 10.9. The number of nitrogens with one attached hydrogen (secondary N) is 1. The minimum Gasteiger partial charge on any atom is -0.488 e. The van der Waals surface area contributed by atoms with Crippen molar-refractivity contribution in [2.75, 3.05) is 6.54 Å². The van der Waals surface area contributed by atoms with Gasteiger partial charge in [-0.05, 0) is 41.4 Å². The lowest BCUT2D eigenvalue weighted by Crippen LogP contribution is -2.12. The minimum atomic E-state index is 0.360. The third kappa shape index (κ3) is 6.63. The first kappa shape index (κ1) is 26.8. The standard InChI is InChI=1S/C32H28Cl2N2O3/c1-2-35-19-28-31(24-14-9-15-25(33)16-24)32(39-36-28)26-17-27(34)30(38-21-23-12-7-4-8-13-23)18-29(26)37-20-22-10-5-3-6-11-22/h3-18,35H,2,19-21H2,1H3. The van der Waals surface area contributed by atoms with E-state index in [0.717, 1.165) is 34.5 Å². The van der Waals surface area contributed by atoms with Crippen molar-refractivity contribution in [1.82, 2.24) is 10.5 Å². The van der Waals surface area contributed by atoms with Crippen LogP contribution in [0.15, 0.2) is 102 Å². The third-order valence-electron chi connectivity index (χ3n) is 6.17. The van der Waals surface area contributed by atoms with Crippen LogP contribution in [0.25, 0.3) is 22.5 Å². The first-order chi connectivity index (χ1) is 19.1. The van der Waals surface area contributed by atoms with E-state index in [9.17, 15) is 0 Å². The molecule has 0 saturated heterocycles. The maximum Gasteiger partial charge on any atom is 0.178 e. The van der Waals surface area contributed by atoms with Crippen molar-refractivity contribution in [3.63, 3.8) is 0 Å². The Balaban J connectivity index is 1.58. The summed E-state index contributed by atoms with van der Waals surface area (Å²) in [6, 6.07) is 31.2. The van der Waals surface area contributed by atoms with Gasteiger partial charge in [-0.3, -0.25) is 0 Å². The van der Waals surface area contributed by atoms with Crippen LogP contribution in [0.4, 0.5) is 0 Å². The van der Waals surface area contributed by atoms with Gasteiger partial charge < -0.3 is 19.3 Å². The molecule has 0 saturated carbocycles. The summed E-state index contributed by atoms with van der Waals surface area (Å²) in [4.78, 5) is 0. The third-order valence-corrected chi connectivity index (χ3v) is 6.70. The highest BCUT2D eigenvalue weighted by Crippen LogP contribution is 2.44. The Labute approximate surface area is 238 Å². The van der Waals surface area contributed by atoms with Gasteiger partial charge >= 0.3 is 0 Å². The minimum absolute atomic E-state index is 0.360. The Bertz CT molecular complexity index is 1520. The Morgan fingerprint density at radius 1 is 0.769 bits per heavy atom. The largest absolute Gasteiger partial charge is 0.488 e. The molecule has 0 aliphatic carbocycles. The first-order valence-corrected chi connectivity index (χ1v) is 13.5. The van der Waals surface area contributed by atoms with E-state index >= 15 is 0 Å². The van der Waals surface area contributed by atoms with Gasteiger partial charge in [-0.1, -0.05) is 108 Å². The summed E-state index contributed by atoms with van der Waals surface area (Å²) in [6.45, 7) is 4.11. The van der Waals surface area contributed by atoms with Gasteiger partial charge in [0.15, 0.2) is 5.76 Å². The van der Waals surface area contributed by atoms with Gasteiger partial charge in [-0.15, -0.1) is 0 Å². The van der Waals surface area contributed by atoms with Crippen molar-refractivity contribution in [2.24, 2.45) is 0 Å². The molecule has 0 spiro atoms. The van der Waals surface area contributed by atoms with Gasteiger partial charge in [0.05, 0.1) is 16.1 Å². The van der Waals surface area contributed by atoms with E-state index in [-0.39, 0.29) is 0 Å². The van der Waals surface area contributed by atoms with Crippen LogP contribution in [0.1, 0.15) is 23.7 Å². The lowest BCUT2D eigenvalue weighted by Gasteiger charge is -2.16. The van der Waals surface area contributed by atoms with E-state index in [0.29, 0.717) is 52.6 Å². The van der Waals surface area contributed by atoms with E-state index in [1.807, 2.05) is 104 Å². The molecule has 0 bridgehead atoms. The molecule has 0 fully saturated rings. The van der Waals surface area contributed by atoms with Gasteiger partial charge in [0.25, 0.3) is 0 Å². The summed E-state index contributed by atoms with van der Waals surface area (Å²) in [5, 5.41) is 8.81. The number of aromatic nitrogens is 1. The molecular weight excluding hydrogens is 531 g/mol. The number of rotatable bonds is 11. The van der Waals surface area contributed by atoms with E-state index in [1.54, 1.807) is 0 Å². The Morgan fingerprint density at radius 3 is 2.08 bits per heavy atom. The zero-order chi connectivity index (χ0) is 27.0. The molecule has 0 atom stereocenters. The molecule has 198 valence electrons. The Morgan fingerprint density at radius 2 is 1.44 bits per heavy atom. The van der Waals surface area contributed by atoms with Gasteiger partial charge in [0, 0.05) is 17.6 Å². The van der Waals surface area contributed by atoms with E-state index < -0.39 is 0 Å². The summed E-state index contributed by atoms with van der Waals surface area (Å²) >= 11 is 13.1. The Kier molecular flexibility index (Phi) is 8.84. The fraction of sp³-hybridized carbons (Fsp3) is 0.156. The fourth-order valence-electron chi connectivity index (χ4n) is 4.23. The molecule has 0 unspecified atom stereocenters. The highest BCUT2D eigenvalue weighted by Gasteiger charge is 2.24. The van der Waals surface area contributed by atoms with Crippen LogP contribution in [0.3, 0.4) is 0 Å². The molecule has 0 aliphatic rings. The predicted molar refractivity (Wildman–Crippen MR) is 156 cm³/mol. The van der Waals surface area contributed by atoms with Crippen LogP contribution >= 0.6 is 23.2 Å². The average Bonchev–Trinajstić information content (AvgIpc) is 3.39. The van der Waals surface area contributed by atoms with Crippen molar-refractivity contribution in [1.29, 1.82) is 0 Å². The van der Waals surface area contributed by atoms with Crippen LogP contribution < -0.4 is 14.8 Å². The number of hydrogen-bond donors (Lipinski definition) is 1. The number of benzene rings is 4. The van der Waals surface area contributed by atoms with Crippen LogP contribution in [0, 0.1) is 0 Å². The first-order valence-electron chi connectivity index (χ1n) is 12.7. The van der Waals surface area contributed by atoms with Gasteiger partial charge in [0.2, 0.25) is 0 Å². The smallest absolute Gasteiger partial charge is 0.178 e. The molecule has 0 radical (unpaired) electrons. The van der Waals surface area contributed by atoms with E-state index in [1.165, 1.54) is 0 Å². The molecule has 5 aromatic rings. The summed E-state index contributed by atoms with van der Waals surface area (Å²) in [6.07, 6.45) is 0. The van der Waals surface area contributed by atoms with Crippen molar-refractivity contribution in [3.05, 3.63) is 124 Å². The Hall–Kier alpha value is -3.77. The highest BCUT2D eigenvalue weighted by atomic mass is 35.5. The average molecular weight is 559 g/mol. The lowest BCUT2D eigenvalue weighted by atomic mass is 9.98. The summed E-state index contributed by atoms with van der Waals surface area (Å²) in [5.41, 5.74) is 5.23. The summed E-state index contributed by atoms with van der Waals surface area (Å²) < 4.78 is 18.4. The molecular formula is C32H28Cl2N2O3. The van der Waals surface area contributed by atoms with Crippen LogP contribution in [0.5, 0.6) is 11.5 Å². The number of hydrogen-bond acceptors (Lipinski definition) is 5.